The van der Waals surface area contributed by atoms with Gasteiger partial charge in [-0.15, -0.1) is 0 Å². The van der Waals surface area contributed by atoms with E-state index in [0.717, 1.165) is 24.8 Å². The van der Waals surface area contributed by atoms with Crippen molar-refractivity contribution in [3.63, 3.8) is 0 Å². The number of aliphatic hydroxyl groups excluding tert-OH is 8. The molecule has 3 saturated carbocycles. The van der Waals surface area contributed by atoms with Crippen LogP contribution in [0.3, 0.4) is 0 Å². The van der Waals surface area contributed by atoms with Gasteiger partial charge in [0.05, 0.1) is 37.4 Å². The Bertz CT molecular complexity index is 2160. The number of esters is 1. The Labute approximate surface area is 418 Å². The van der Waals surface area contributed by atoms with Gasteiger partial charge in [-0.2, -0.15) is 8.42 Å². The van der Waals surface area contributed by atoms with Gasteiger partial charge in [0.25, 0.3) is 0 Å². The third-order valence-electron chi connectivity index (χ3n) is 18.5. The van der Waals surface area contributed by atoms with E-state index in [1.165, 1.54) is 19.6 Å². The molecule has 72 heavy (non-hydrogen) atoms. The van der Waals surface area contributed by atoms with Crippen molar-refractivity contribution < 1.29 is 110 Å². The maximum absolute atomic E-state index is 13.7. The number of carbonyl (C=O) groups is 1. The first-order valence-electron chi connectivity index (χ1n) is 25.0. The van der Waals surface area contributed by atoms with Gasteiger partial charge in [-0.25, -0.2) is 4.18 Å². The van der Waals surface area contributed by atoms with Gasteiger partial charge in [0.2, 0.25) is 0 Å². The highest BCUT2D eigenvalue weighted by atomic mass is 32.3. The molecule has 2 bridgehead atoms. The van der Waals surface area contributed by atoms with E-state index in [1.807, 2.05) is 6.92 Å². The Morgan fingerprint density at radius 3 is 2.11 bits per heavy atom. The Hall–Kier alpha value is -1.86. The predicted molar refractivity (Wildman–Crippen MR) is 242 cm³/mol. The fourth-order valence-electron chi connectivity index (χ4n) is 14.9. The van der Waals surface area contributed by atoms with Gasteiger partial charge < -0.3 is 88.2 Å². The average Bonchev–Trinajstić information content (AvgIpc) is 3.74. The third-order valence-corrected chi connectivity index (χ3v) is 18.9. The minimum atomic E-state index is -5.13. The highest BCUT2D eigenvalue weighted by molar-refractivity contribution is 7.80. The Kier molecular flexibility index (Phi) is 15.1. The lowest BCUT2D eigenvalue weighted by atomic mass is 9.40. The standard InChI is InChI=1S/C48H74O23S/c1-19(2)29-24-15-47(7)22-9-10-27-45(4,5)28(12-13-46(27,6)21(22)11-14-48(29,47)44(57)66-24)67-43-39(31(52)26(18-63-43)71-72(58,59)60)70-41-33(54)32(53)36(20(3)64-41)68-42-35(56)38(30(51)25(16-49)65-42)69-40-34(55)37(61-8)23(50)17-62-40/h9,20-21,23-43,49-56H,1,10-18H2,2-8H3,(H,58,59,60)/t20-,21+,23+,24+,25-,26-,27-,28+,29+,30+,31-,32+,33-,34+,35+,36-,37-,38+,39+,40+,41-,42-,43+,46-,47+,48-/m0/s1. The lowest BCUT2D eigenvalue weighted by Crippen LogP contribution is -2.66. The summed E-state index contributed by atoms with van der Waals surface area (Å²) in [4.78, 5) is 13.7. The van der Waals surface area contributed by atoms with E-state index < -0.39 is 151 Å². The second-order valence-corrected chi connectivity index (χ2v) is 23.8. The monoisotopic (exact) mass is 1050 g/mol. The van der Waals surface area contributed by atoms with E-state index in [4.69, 9.17) is 51.6 Å². The molecular weight excluding hydrogens is 977 g/mol. The van der Waals surface area contributed by atoms with Crippen LogP contribution >= 0.6 is 0 Å². The van der Waals surface area contributed by atoms with Gasteiger partial charge in [-0.05, 0) is 75.0 Å². The number of allylic oxidation sites excluding steroid dienone is 2. The molecule has 8 fully saturated rings. The predicted octanol–water partition coefficient (Wildman–Crippen LogP) is -0.872. The molecule has 24 heteroatoms. The van der Waals surface area contributed by atoms with Crippen LogP contribution in [0.5, 0.6) is 0 Å². The molecule has 9 rings (SSSR count). The van der Waals surface area contributed by atoms with Crippen LogP contribution in [-0.4, -0.2) is 210 Å². The van der Waals surface area contributed by atoms with Gasteiger partial charge in [0.15, 0.2) is 25.2 Å². The van der Waals surface area contributed by atoms with Gasteiger partial charge in [0, 0.05) is 18.4 Å². The molecule has 26 atom stereocenters. The summed E-state index contributed by atoms with van der Waals surface area (Å²) in [7, 11) is -3.88. The largest absolute Gasteiger partial charge is 0.461 e. The molecule has 410 valence electrons. The number of ether oxygens (including phenoxy) is 10. The fraction of sp³-hybridized carbons (Fsp3) is 0.896. The van der Waals surface area contributed by atoms with Crippen molar-refractivity contribution in [1.82, 2.24) is 0 Å². The van der Waals surface area contributed by atoms with Crippen molar-refractivity contribution in [2.75, 3.05) is 26.9 Å². The number of rotatable bonds is 13. The van der Waals surface area contributed by atoms with E-state index in [-0.39, 0.29) is 47.3 Å². The number of hydrogen-bond acceptors (Lipinski definition) is 22. The van der Waals surface area contributed by atoms with E-state index in [2.05, 4.69) is 40.3 Å². The summed E-state index contributed by atoms with van der Waals surface area (Å²) in [5.74, 6) is 0.106. The van der Waals surface area contributed by atoms with Crippen LogP contribution in [0, 0.1) is 39.4 Å². The fourth-order valence-corrected chi connectivity index (χ4v) is 15.4. The number of fused-ring (bicyclic) bond motifs is 5. The van der Waals surface area contributed by atoms with Crippen molar-refractivity contribution >= 4 is 16.4 Å². The number of carbonyl (C=O) groups excluding carboxylic acids is 1. The Balaban J connectivity index is 0.904. The van der Waals surface area contributed by atoms with Crippen LogP contribution < -0.4 is 0 Å². The average molecular weight is 1050 g/mol. The zero-order chi connectivity index (χ0) is 52.4. The molecule has 0 unspecified atom stereocenters. The van der Waals surface area contributed by atoms with Crippen LogP contribution in [0.4, 0.5) is 0 Å². The van der Waals surface area contributed by atoms with E-state index in [1.54, 1.807) is 0 Å². The van der Waals surface area contributed by atoms with Crippen molar-refractivity contribution in [3.05, 3.63) is 23.8 Å². The van der Waals surface area contributed by atoms with E-state index in [0.29, 0.717) is 19.3 Å². The molecule has 5 saturated heterocycles. The van der Waals surface area contributed by atoms with Crippen LogP contribution in [0.2, 0.25) is 0 Å². The lowest BCUT2D eigenvalue weighted by molar-refractivity contribution is -0.386. The maximum Gasteiger partial charge on any atom is 0.397 e. The molecule has 0 amide bonds. The minimum absolute atomic E-state index is 0.0360. The lowest BCUT2D eigenvalue weighted by Gasteiger charge is -2.64. The molecule has 4 aliphatic carbocycles. The number of methoxy groups -OCH3 is 1. The summed E-state index contributed by atoms with van der Waals surface area (Å²) in [6.45, 7) is 14.8. The molecule has 0 aromatic carbocycles. The highest BCUT2D eigenvalue weighted by Crippen LogP contribution is 2.76. The number of hydrogen-bond donors (Lipinski definition) is 9. The van der Waals surface area contributed by atoms with E-state index >= 15 is 0 Å². The van der Waals surface area contributed by atoms with Crippen LogP contribution in [0.25, 0.3) is 0 Å². The maximum atomic E-state index is 13.7. The molecule has 5 aliphatic heterocycles. The first-order chi connectivity index (χ1) is 33.7. The highest BCUT2D eigenvalue weighted by Gasteiger charge is 2.76. The molecule has 0 radical (unpaired) electrons. The van der Waals surface area contributed by atoms with Gasteiger partial charge in [-0.1, -0.05) is 51.5 Å². The molecule has 9 aliphatic rings. The second-order valence-electron chi connectivity index (χ2n) is 22.7. The molecule has 9 N–H and O–H groups in total. The topological polar surface area (TPSA) is 335 Å². The van der Waals surface area contributed by atoms with Crippen molar-refractivity contribution in [2.24, 2.45) is 39.4 Å². The van der Waals surface area contributed by atoms with Crippen molar-refractivity contribution in [1.29, 1.82) is 0 Å². The molecular formula is C48H74O23S. The summed E-state index contributed by atoms with van der Waals surface area (Å²) in [6.07, 6.45) is -23.1. The van der Waals surface area contributed by atoms with Crippen molar-refractivity contribution in [3.8, 4) is 0 Å². The first kappa shape index (κ1) is 54.9. The quantitative estimate of drug-likeness (QED) is 0.0615. The molecule has 1 spiro atoms. The van der Waals surface area contributed by atoms with Crippen LogP contribution in [-0.2, 0) is 66.7 Å². The summed E-state index contributed by atoms with van der Waals surface area (Å²) < 4.78 is 97.1. The smallest absolute Gasteiger partial charge is 0.397 e. The van der Waals surface area contributed by atoms with Crippen molar-refractivity contribution in [2.45, 2.75) is 203 Å². The first-order valence-corrected chi connectivity index (χ1v) is 26.4. The molecule has 23 nitrogen and oxygen atoms in total. The summed E-state index contributed by atoms with van der Waals surface area (Å²) >= 11 is 0. The zero-order valence-corrected chi connectivity index (χ0v) is 42.4. The Morgan fingerprint density at radius 2 is 1.44 bits per heavy atom. The van der Waals surface area contributed by atoms with Crippen LogP contribution in [0.1, 0.15) is 80.1 Å². The molecule has 0 aromatic heterocycles. The van der Waals surface area contributed by atoms with Crippen LogP contribution in [0.15, 0.2) is 23.8 Å². The summed E-state index contributed by atoms with van der Waals surface area (Å²) in [5.41, 5.74) is 0.529. The molecule has 5 heterocycles. The van der Waals surface area contributed by atoms with Gasteiger partial charge in [0.1, 0.15) is 85.5 Å². The van der Waals surface area contributed by atoms with Gasteiger partial charge in [-0.3, -0.25) is 9.35 Å². The van der Waals surface area contributed by atoms with Gasteiger partial charge >= 0.3 is 16.4 Å². The molecule has 0 aromatic rings. The summed E-state index contributed by atoms with van der Waals surface area (Å²) in [6, 6.07) is 0. The zero-order valence-electron chi connectivity index (χ0n) is 41.6. The number of aliphatic hydroxyl groups is 8. The summed E-state index contributed by atoms with van der Waals surface area (Å²) in [5, 5.41) is 88.3. The third kappa shape index (κ3) is 8.87. The second kappa shape index (κ2) is 19.9. The Morgan fingerprint density at radius 1 is 0.792 bits per heavy atom. The normalized spacial score (nSPS) is 52.1. The SMILES string of the molecule is C=C(C)[C@@H]1[C@H]2C[C@]3(C)C4=CC[C@H]5C(C)(C)[C@H](O[C@H]6OC[C@H](OS(=O)(=O)O)[C@H](O)[C@H]6O[C@@H]6O[C@@H](C)[C@H](O[C@@H]7O[C@@H](CO)[C@@H](O)[C@@H](O[C@H]8OC[C@@H](O)[C@H](OC)[C@H]8O)[C@H]7O)[C@H](O)[C@@H]6O)CC[C@@]5(C)[C@@H]4CC[C@@]13C(=O)O2. The van der Waals surface area contributed by atoms with E-state index in [9.17, 15) is 58.6 Å². The minimum Gasteiger partial charge on any atom is -0.461 e.